The van der Waals surface area contributed by atoms with Crippen LogP contribution in [-0.2, 0) is 14.3 Å². The van der Waals surface area contributed by atoms with Crippen molar-refractivity contribution in [2.24, 2.45) is 0 Å². The van der Waals surface area contributed by atoms with Gasteiger partial charge in [-0.25, -0.2) is 4.79 Å². The first kappa shape index (κ1) is 19.1. The van der Waals surface area contributed by atoms with Gasteiger partial charge in [0.05, 0.1) is 18.3 Å². The first-order chi connectivity index (χ1) is 13.5. The van der Waals surface area contributed by atoms with E-state index in [9.17, 15) is 9.59 Å². The number of allylic oxidation sites excluding steroid dienone is 1. The van der Waals surface area contributed by atoms with Gasteiger partial charge in [-0.05, 0) is 43.5 Å². The van der Waals surface area contributed by atoms with Crippen LogP contribution in [0.3, 0.4) is 0 Å². The van der Waals surface area contributed by atoms with Crippen LogP contribution in [0.1, 0.15) is 44.6 Å². The lowest BCUT2D eigenvalue weighted by atomic mass is 9.94. The Labute approximate surface area is 172 Å². The Hall–Kier alpha value is -2.28. The Kier molecular flexibility index (Phi) is 5.19. The van der Waals surface area contributed by atoms with E-state index in [0.717, 1.165) is 35.7 Å². The lowest BCUT2D eigenvalue weighted by molar-refractivity contribution is -0.136. The van der Waals surface area contributed by atoms with Crippen molar-refractivity contribution in [2.45, 2.75) is 45.1 Å². The molecule has 28 heavy (non-hydrogen) atoms. The van der Waals surface area contributed by atoms with E-state index in [4.69, 9.17) is 14.2 Å². The molecule has 7 heteroatoms. The molecule has 3 aliphatic rings. The Bertz CT molecular complexity index is 898. The fraction of sp³-hybridized carbons (Fsp3) is 0.429. The number of ether oxygens (including phenoxy) is 3. The number of benzene rings is 1. The third-order valence-electron chi connectivity index (χ3n) is 5.56. The Morgan fingerprint density at radius 3 is 2.57 bits per heavy atom. The highest BCUT2D eigenvalue weighted by Crippen LogP contribution is 2.40. The molecule has 2 heterocycles. The molecule has 2 aliphatic heterocycles. The molecule has 6 nitrogen and oxygen atoms in total. The van der Waals surface area contributed by atoms with Crippen LogP contribution < -0.4 is 9.47 Å². The van der Waals surface area contributed by atoms with E-state index >= 15 is 0 Å². The second-order valence-corrected chi connectivity index (χ2v) is 8.06. The number of esters is 1. The van der Waals surface area contributed by atoms with Gasteiger partial charge in [0.1, 0.15) is 0 Å². The normalized spacial score (nSPS) is 21.0. The minimum atomic E-state index is -0.493. The summed E-state index contributed by atoms with van der Waals surface area (Å²) in [5, 5.41) is 0. The predicted molar refractivity (Wildman–Crippen MR) is 107 cm³/mol. The van der Waals surface area contributed by atoms with Gasteiger partial charge in [0.25, 0.3) is 5.91 Å². The van der Waals surface area contributed by atoms with Crippen molar-refractivity contribution in [1.29, 1.82) is 0 Å². The smallest absolute Gasteiger partial charge is 0.340 e. The fourth-order valence-corrected chi connectivity index (χ4v) is 4.61. The molecule has 0 aromatic heterocycles. The summed E-state index contributed by atoms with van der Waals surface area (Å²) in [6, 6.07) is 3.74. The molecular formula is C21H22BrNO5. The minimum Gasteiger partial charge on any atom is -0.465 e. The van der Waals surface area contributed by atoms with Crippen molar-refractivity contribution < 1.29 is 23.8 Å². The van der Waals surface area contributed by atoms with Gasteiger partial charge in [0.2, 0.25) is 6.79 Å². The van der Waals surface area contributed by atoms with Crippen molar-refractivity contribution in [1.82, 2.24) is 4.90 Å². The third-order valence-corrected chi connectivity index (χ3v) is 6.25. The third kappa shape index (κ3) is 3.21. The highest BCUT2D eigenvalue weighted by molar-refractivity contribution is 9.10. The molecule has 0 bridgehead atoms. The van der Waals surface area contributed by atoms with Gasteiger partial charge in [-0.15, -0.1) is 0 Å². The molecule has 0 radical (unpaired) electrons. The topological polar surface area (TPSA) is 65.1 Å². The van der Waals surface area contributed by atoms with Crippen molar-refractivity contribution in [3.05, 3.63) is 39.0 Å². The summed E-state index contributed by atoms with van der Waals surface area (Å²) in [4.78, 5) is 27.6. The number of fused-ring (bicyclic) bond motifs is 1. The van der Waals surface area contributed by atoms with Crippen molar-refractivity contribution in [3.8, 4) is 11.5 Å². The standard InChI is InChI=1S/C21H22BrNO5/c1-12-19(21(25)26-2)15(20(24)23(12)14-6-4-3-5-7-14)8-13-9-17-18(10-16(13)22)28-11-27-17/h8-10,14H,3-7,11H2,1-2H3/b15-8-. The van der Waals surface area contributed by atoms with Gasteiger partial charge < -0.3 is 19.1 Å². The quantitative estimate of drug-likeness (QED) is 0.513. The highest BCUT2D eigenvalue weighted by Gasteiger charge is 2.40. The molecule has 0 unspecified atom stereocenters. The Morgan fingerprint density at radius 2 is 1.89 bits per heavy atom. The van der Waals surface area contributed by atoms with E-state index in [1.165, 1.54) is 13.5 Å². The lowest BCUT2D eigenvalue weighted by Crippen LogP contribution is -2.37. The number of methoxy groups -OCH3 is 1. The molecule has 1 saturated carbocycles. The molecule has 0 atom stereocenters. The molecule has 148 valence electrons. The van der Waals surface area contributed by atoms with Gasteiger partial charge in [-0.1, -0.05) is 35.2 Å². The molecule has 1 aromatic carbocycles. The van der Waals surface area contributed by atoms with Gasteiger partial charge in [-0.3, -0.25) is 4.79 Å². The molecule has 0 spiro atoms. The monoisotopic (exact) mass is 447 g/mol. The first-order valence-electron chi connectivity index (χ1n) is 9.45. The molecule has 1 aromatic rings. The van der Waals surface area contributed by atoms with Gasteiger partial charge in [0.15, 0.2) is 11.5 Å². The highest BCUT2D eigenvalue weighted by atomic mass is 79.9. The lowest BCUT2D eigenvalue weighted by Gasteiger charge is -2.32. The zero-order valence-corrected chi connectivity index (χ0v) is 17.5. The van der Waals surface area contributed by atoms with Crippen LogP contribution >= 0.6 is 15.9 Å². The van der Waals surface area contributed by atoms with Crippen molar-refractivity contribution in [2.75, 3.05) is 13.9 Å². The number of carbonyl (C=O) groups excluding carboxylic acids is 2. The maximum atomic E-state index is 13.3. The minimum absolute atomic E-state index is 0.131. The summed E-state index contributed by atoms with van der Waals surface area (Å²) in [5.41, 5.74) is 2.11. The SMILES string of the molecule is COC(=O)C1=C(C)N(C2CCCCC2)C(=O)/C1=C\c1cc2c(cc1Br)OCO2. The second kappa shape index (κ2) is 7.62. The van der Waals surface area contributed by atoms with Gasteiger partial charge in [-0.2, -0.15) is 0 Å². The van der Waals surface area contributed by atoms with Crippen LogP contribution in [0.25, 0.3) is 6.08 Å². The number of amides is 1. The van der Waals surface area contributed by atoms with Crippen LogP contribution in [0.15, 0.2) is 33.4 Å². The summed E-state index contributed by atoms with van der Waals surface area (Å²) in [7, 11) is 1.34. The second-order valence-electron chi connectivity index (χ2n) is 7.20. The number of hydrogen-bond donors (Lipinski definition) is 0. The van der Waals surface area contributed by atoms with E-state index < -0.39 is 5.97 Å². The molecular weight excluding hydrogens is 426 g/mol. The van der Waals surface area contributed by atoms with Crippen LogP contribution in [0, 0.1) is 0 Å². The zero-order valence-electron chi connectivity index (χ0n) is 15.9. The predicted octanol–water partition coefficient (Wildman–Crippen LogP) is 4.18. The zero-order chi connectivity index (χ0) is 19.8. The maximum absolute atomic E-state index is 13.3. The number of nitrogens with zero attached hydrogens (tertiary/aromatic N) is 1. The molecule has 4 rings (SSSR count). The number of rotatable bonds is 3. The maximum Gasteiger partial charge on any atom is 0.340 e. The number of carbonyl (C=O) groups is 2. The van der Waals surface area contributed by atoms with E-state index in [-0.39, 0.29) is 18.7 Å². The summed E-state index contributed by atoms with van der Waals surface area (Å²) < 4.78 is 16.6. The molecule has 0 saturated heterocycles. The largest absolute Gasteiger partial charge is 0.465 e. The molecule has 0 N–H and O–H groups in total. The molecule has 1 fully saturated rings. The Balaban J connectivity index is 1.77. The average Bonchev–Trinajstić information content (AvgIpc) is 3.24. The summed E-state index contributed by atoms with van der Waals surface area (Å²) in [6.07, 6.45) is 7.03. The fourth-order valence-electron chi connectivity index (χ4n) is 4.18. The van der Waals surface area contributed by atoms with Gasteiger partial charge in [0, 0.05) is 16.2 Å². The van der Waals surface area contributed by atoms with Gasteiger partial charge >= 0.3 is 5.97 Å². The van der Waals surface area contributed by atoms with Crippen LogP contribution in [0.5, 0.6) is 11.5 Å². The first-order valence-corrected chi connectivity index (χ1v) is 10.2. The summed E-state index contributed by atoms with van der Waals surface area (Å²) in [6.45, 7) is 2.00. The molecule has 1 aliphatic carbocycles. The van der Waals surface area contributed by atoms with Crippen LogP contribution in [0.2, 0.25) is 0 Å². The van der Waals surface area contributed by atoms with Crippen LogP contribution in [-0.4, -0.2) is 36.7 Å². The van der Waals surface area contributed by atoms with Crippen LogP contribution in [0.4, 0.5) is 0 Å². The number of halogens is 1. The van der Waals surface area contributed by atoms with E-state index in [2.05, 4.69) is 15.9 Å². The average molecular weight is 448 g/mol. The molecule has 1 amide bonds. The Morgan fingerprint density at radius 1 is 1.21 bits per heavy atom. The van der Waals surface area contributed by atoms with Crippen molar-refractivity contribution in [3.63, 3.8) is 0 Å². The van der Waals surface area contributed by atoms with E-state index in [0.29, 0.717) is 28.3 Å². The summed E-state index contributed by atoms with van der Waals surface area (Å²) in [5.74, 6) is 0.627. The van der Waals surface area contributed by atoms with E-state index in [1.54, 1.807) is 23.1 Å². The van der Waals surface area contributed by atoms with Crippen molar-refractivity contribution >= 4 is 33.9 Å². The van der Waals surface area contributed by atoms with E-state index in [1.807, 2.05) is 6.92 Å². The number of hydrogen-bond acceptors (Lipinski definition) is 5. The summed E-state index contributed by atoms with van der Waals surface area (Å²) >= 11 is 3.52.